The Labute approximate surface area is 137 Å². The van der Waals surface area contributed by atoms with E-state index in [4.69, 9.17) is 4.74 Å². The molecule has 0 bridgehead atoms. The molecule has 1 fully saturated rings. The van der Waals surface area contributed by atoms with Crippen molar-refractivity contribution >= 4 is 6.03 Å². The Bertz CT molecular complexity index is 533. The molecule has 2 aliphatic rings. The van der Waals surface area contributed by atoms with E-state index in [1.54, 1.807) is 0 Å². The van der Waals surface area contributed by atoms with E-state index < -0.39 is 0 Å². The molecule has 2 N–H and O–H groups in total. The number of aliphatic hydroxyl groups is 1. The van der Waals surface area contributed by atoms with Gasteiger partial charge in [-0.15, -0.1) is 0 Å². The van der Waals surface area contributed by atoms with Gasteiger partial charge in [-0.25, -0.2) is 4.79 Å². The summed E-state index contributed by atoms with van der Waals surface area (Å²) in [5, 5.41) is 12.4. The predicted molar refractivity (Wildman–Crippen MR) is 88.5 cm³/mol. The van der Waals surface area contributed by atoms with Crippen LogP contribution in [0.1, 0.15) is 50.1 Å². The van der Waals surface area contributed by atoms with Crippen molar-refractivity contribution in [3.63, 3.8) is 0 Å². The predicted octanol–water partition coefficient (Wildman–Crippen LogP) is 2.85. The van der Waals surface area contributed by atoms with E-state index in [2.05, 4.69) is 5.32 Å². The smallest absolute Gasteiger partial charge is 0.318 e. The topological polar surface area (TPSA) is 61.8 Å². The van der Waals surface area contributed by atoms with E-state index in [9.17, 15) is 9.90 Å². The molecule has 2 aliphatic heterocycles. The highest BCUT2D eigenvalue weighted by Crippen LogP contribution is 2.31. The van der Waals surface area contributed by atoms with E-state index in [1.165, 1.54) is 0 Å². The molecular formula is C18H26N2O3. The number of nitrogens with one attached hydrogen (secondary N) is 1. The van der Waals surface area contributed by atoms with Crippen molar-refractivity contribution in [2.24, 2.45) is 0 Å². The van der Waals surface area contributed by atoms with Crippen LogP contribution in [0.15, 0.2) is 24.3 Å². The van der Waals surface area contributed by atoms with Gasteiger partial charge in [0.05, 0.1) is 12.6 Å². The van der Waals surface area contributed by atoms with E-state index >= 15 is 0 Å². The fourth-order valence-corrected chi connectivity index (χ4v) is 3.62. The van der Waals surface area contributed by atoms with Gasteiger partial charge in [-0.1, -0.05) is 18.2 Å². The average molecular weight is 318 g/mol. The van der Waals surface area contributed by atoms with Crippen LogP contribution in [0.3, 0.4) is 0 Å². The number of fused-ring (bicyclic) bond motifs is 1. The van der Waals surface area contributed by atoms with Crippen LogP contribution in [0.2, 0.25) is 0 Å². The third-order valence-corrected chi connectivity index (χ3v) is 4.84. The van der Waals surface area contributed by atoms with Crippen molar-refractivity contribution in [2.45, 2.75) is 50.6 Å². The van der Waals surface area contributed by atoms with Crippen molar-refractivity contribution in [2.75, 3.05) is 19.8 Å². The number of benzene rings is 1. The second-order valence-corrected chi connectivity index (χ2v) is 6.39. The fraction of sp³-hybridized carbons (Fsp3) is 0.611. The number of carbonyl (C=O) groups excluding carboxylic acids is 1. The second kappa shape index (κ2) is 7.68. The molecule has 2 heterocycles. The number of hydrogen-bond acceptors (Lipinski definition) is 3. The van der Waals surface area contributed by atoms with Gasteiger partial charge in [-0.3, -0.25) is 0 Å². The van der Waals surface area contributed by atoms with Crippen molar-refractivity contribution in [3.05, 3.63) is 29.8 Å². The van der Waals surface area contributed by atoms with Crippen LogP contribution >= 0.6 is 0 Å². The van der Waals surface area contributed by atoms with E-state index in [0.29, 0.717) is 13.0 Å². The molecule has 23 heavy (non-hydrogen) atoms. The lowest BCUT2D eigenvalue weighted by Gasteiger charge is -2.36. The summed E-state index contributed by atoms with van der Waals surface area (Å²) >= 11 is 0. The second-order valence-electron chi connectivity index (χ2n) is 6.39. The number of hydrogen-bond donors (Lipinski definition) is 2. The number of nitrogens with zero attached hydrogens (tertiary/aromatic N) is 1. The van der Waals surface area contributed by atoms with E-state index in [-0.39, 0.29) is 24.7 Å². The van der Waals surface area contributed by atoms with Gasteiger partial charge in [0.1, 0.15) is 5.75 Å². The molecule has 2 unspecified atom stereocenters. The molecule has 5 heteroatoms. The first kappa shape index (κ1) is 16.1. The SMILES string of the molecule is O=C(NC1CCCOc2ccccc21)N1CCCCC1CCO. The van der Waals surface area contributed by atoms with E-state index in [1.807, 2.05) is 29.2 Å². The van der Waals surface area contributed by atoms with Gasteiger partial charge >= 0.3 is 6.03 Å². The maximum absolute atomic E-state index is 12.8. The fourth-order valence-electron chi connectivity index (χ4n) is 3.62. The van der Waals surface area contributed by atoms with Gasteiger partial charge < -0.3 is 20.1 Å². The van der Waals surface area contributed by atoms with Crippen LogP contribution in [0.5, 0.6) is 5.75 Å². The first-order valence-electron chi connectivity index (χ1n) is 8.69. The summed E-state index contributed by atoms with van der Waals surface area (Å²) < 4.78 is 5.77. The summed E-state index contributed by atoms with van der Waals surface area (Å²) in [4.78, 5) is 14.7. The molecule has 1 aromatic carbocycles. The van der Waals surface area contributed by atoms with Gasteiger partial charge in [-0.2, -0.15) is 0 Å². The number of amides is 2. The molecule has 2 atom stereocenters. The van der Waals surface area contributed by atoms with Gasteiger partial charge in [0.25, 0.3) is 0 Å². The summed E-state index contributed by atoms with van der Waals surface area (Å²) in [5.74, 6) is 0.876. The molecule has 5 nitrogen and oxygen atoms in total. The number of para-hydroxylation sites is 1. The van der Waals surface area contributed by atoms with Gasteiger partial charge in [0.2, 0.25) is 0 Å². The highest BCUT2D eigenvalue weighted by atomic mass is 16.5. The Hall–Kier alpha value is -1.75. The Balaban J connectivity index is 1.71. The Morgan fingerprint density at radius 2 is 2.13 bits per heavy atom. The standard InChI is InChI=1S/C18H26N2O3/c21-12-10-14-6-3-4-11-20(14)18(22)19-16-8-5-13-23-17-9-2-1-7-15(16)17/h1-2,7,9,14,16,21H,3-6,8,10-13H2,(H,19,22). The van der Waals surface area contributed by atoms with Crippen LogP contribution in [0.4, 0.5) is 4.79 Å². The molecule has 0 radical (unpaired) electrons. The van der Waals surface area contributed by atoms with Crippen molar-refractivity contribution in [1.82, 2.24) is 10.2 Å². The number of urea groups is 1. The number of piperidine rings is 1. The third kappa shape index (κ3) is 3.78. The van der Waals surface area contributed by atoms with Crippen molar-refractivity contribution in [1.29, 1.82) is 0 Å². The van der Waals surface area contributed by atoms with Crippen molar-refractivity contribution < 1.29 is 14.6 Å². The molecule has 0 aromatic heterocycles. The molecule has 0 spiro atoms. The number of rotatable bonds is 3. The maximum Gasteiger partial charge on any atom is 0.318 e. The highest BCUT2D eigenvalue weighted by Gasteiger charge is 2.29. The lowest BCUT2D eigenvalue weighted by molar-refractivity contribution is 0.129. The average Bonchev–Trinajstić information content (AvgIpc) is 2.78. The zero-order chi connectivity index (χ0) is 16.1. The molecule has 1 aromatic rings. The molecular weight excluding hydrogens is 292 g/mol. The molecule has 1 saturated heterocycles. The summed E-state index contributed by atoms with van der Waals surface area (Å²) in [7, 11) is 0. The minimum absolute atomic E-state index is 0.00194. The first-order chi connectivity index (χ1) is 11.3. The van der Waals surface area contributed by atoms with Gasteiger partial charge in [0.15, 0.2) is 0 Å². The minimum Gasteiger partial charge on any atom is -0.493 e. The Morgan fingerprint density at radius 3 is 3.00 bits per heavy atom. The zero-order valence-corrected chi connectivity index (χ0v) is 13.5. The molecule has 0 aliphatic carbocycles. The quantitative estimate of drug-likeness (QED) is 0.901. The number of ether oxygens (including phenoxy) is 1. The minimum atomic E-state index is -0.00940. The molecule has 3 rings (SSSR count). The summed E-state index contributed by atoms with van der Waals surface area (Å²) in [6, 6.07) is 8.10. The van der Waals surface area contributed by atoms with Crippen LogP contribution in [0.25, 0.3) is 0 Å². The molecule has 0 saturated carbocycles. The number of carbonyl (C=O) groups is 1. The van der Waals surface area contributed by atoms with Crippen LogP contribution < -0.4 is 10.1 Å². The highest BCUT2D eigenvalue weighted by molar-refractivity contribution is 5.75. The van der Waals surface area contributed by atoms with Gasteiger partial charge in [0, 0.05) is 24.8 Å². The van der Waals surface area contributed by atoms with Crippen LogP contribution in [-0.4, -0.2) is 41.8 Å². The number of likely N-dealkylation sites (tertiary alicyclic amines) is 1. The maximum atomic E-state index is 12.8. The van der Waals surface area contributed by atoms with Crippen LogP contribution in [-0.2, 0) is 0 Å². The zero-order valence-electron chi connectivity index (χ0n) is 13.5. The largest absolute Gasteiger partial charge is 0.493 e. The summed E-state index contributed by atoms with van der Waals surface area (Å²) in [6.45, 7) is 1.61. The Kier molecular flexibility index (Phi) is 5.39. The van der Waals surface area contributed by atoms with Crippen LogP contribution in [0, 0.1) is 0 Å². The Morgan fingerprint density at radius 1 is 1.26 bits per heavy atom. The first-order valence-corrected chi connectivity index (χ1v) is 8.69. The lowest BCUT2D eigenvalue weighted by atomic mass is 9.99. The van der Waals surface area contributed by atoms with Crippen molar-refractivity contribution in [3.8, 4) is 5.75 Å². The van der Waals surface area contributed by atoms with Gasteiger partial charge in [-0.05, 0) is 44.6 Å². The monoisotopic (exact) mass is 318 g/mol. The number of aliphatic hydroxyl groups excluding tert-OH is 1. The summed E-state index contributed by atoms with van der Waals surface area (Å²) in [6.07, 6.45) is 5.64. The normalized spacial score (nSPS) is 24.3. The molecule has 2 amide bonds. The lowest BCUT2D eigenvalue weighted by Crippen LogP contribution is -2.49. The summed E-state index contributed by atoms with van der Waals surface area (Å²) in [5.41, 5.74) is 1.06. The third-order valence-electron chi connectivity index (χ3n) is 4.84. The van der Waals surface area contributed by atoms with E-state index in [0.717, 1.165) is 50.0 Å². The molecule has 126 valence electrons.